The predicted molar refractivity (Wildman–Crippen MR) is 90.5 cm³/mol. The number of carbonyl (C=O) groups is 2. The van der Waals surface area contributed by atoms with Crippen molar-refractivity contribution in [2.45, 2.75) is 51.6 Å². The Kier molecular flexibility index (Phi) is 6.41. The summed E-state index contributed by atoms with van der Waals surface area (Å²) in [7, 11) is 1.42. The number of hydrogen-bond donors (Lipinski definition) is 1. The molecule has 1 heterocycles. The summed E-state index contributed by atoms with van der Waals surface area (Å²) >= 11 is 0. The first-order valence-corrected chi connectivity index (χ1v) is 8.31. The molecule has 0 aliphatic carbocycles. The first-order valence-electron chi connectivity index (χ1n) is 8.31. The van der Waals surface area contributed by atoms with Crippen molar-refractivity contribution in [1.29, 1.82) is 0 Å². The van der Waals surface area contributed by atoms with Crippen LogP contribution in [0.3, 0.4) is 0 Å². The van der Waals surface area contributed by atoms with Crippen LogP contribution in [-0.2, 0) is 16.0 Å². The van der Waals surface area contributed by atoms with Crippen LogP contribution in [0.1, 0.15) is 54.9 Å². The van der Waals surface area contributed by atoms with Crippen molar-refractivity contribution in [3.05, 3.63) is 35.4 Å². The van der Waals surface area contributed by atoms with E-state index in [1.165, 1.54) is 19.2 Å². The maximum Gasteiger partial charge on any atom is 0.342 e. The normalized spacial score (nSPS) is 21.3. The summed E-state index contributed by atoms with van der Waals surface area (Å²) in [6.07, 6.45) is 7.88. The molecular weight excluding hydrogens is 308 g/mol. The molecule has 0 amide bonds. The van der Waals surface area contributed by atoms with Gasteiger partial charge < -0.3 is 14.6 Å². The van der Waals surface area contributed by atoms with Crippen molar-refractivity contribution in [2.24, 2.45) is 0 Å². The highest BCUT2D eigenvalue weighted by Crippen LogP contribution is 2.30. The molecule has 1 atom stereocenters. The highest BCUT2D eigenvalue weighted by Gasteiger charge is 2.23. The number of allylic oxidation sites excluding steroid dienone is 2. The van der Waals surface area contributed by atoms with Crippen LogP contribution in [0.15, 0.2) is 24.3 Å². The quantitative estimate of drug-likeness (QED) is 0.796. The van der Waals surface area contributed by atoms with E-state index in [1.54, 1.807) is 6.08 Å². The lowest BCUT2D eigenvalue weighted by atomic mass is 9.99. The number of benzene rings is 1. The lowest BCUT2D eigenvalue weighted by Crippen LogP contribution is -2.18. The third kappa shape index (κ3) is 4.85. The van der Waals surface area contributed by atoms with E-state index in [4.69, 9.17) is 9.47 Å². The number of aromatic hydroxyl groups is 1. The van der Waals surface area contributed by atoms with Gasteiger partial charge in [0.1, 0.15) is 17.1 Å². The summed E-state index contributed by atoms with van der Waals surface area (Å²) in [6.45, 7) is 1.86. The molecule has 1 aliphatic rings. The molecule has 0 saturated carbocycles. The minimum absolute atomic E-state index is 0.0140. The number of phenolic OH excluding ortho intramolecular Hbond substituents is 1. The fraction of sp³-hybridized carbons (Fsp3) is 0.474. The summed E-state index contributed by atoms with van der Waals surface area (Å²) in [6, 6.07) is 2.77. The van der Waals surface area contributed by atoms with Gasteiger partial charge >= 0.3 is 5.97 Å². The molecule has 1 N–H and O–H groups in total. The van der Waals surface area contributed by atoms with Gasteiger partial charge in [-0.05, 0) is 50.3 Å². The third-order valence-corrected chi connectivity index (χ3v) is 4.05. The number of ketones is 1. The Morgan fingerprint density at radius 1 is 1.21 bits per heavy atom. The van der Waals surface area contributed by atoms with E-state index >= 15 is 0 Å². The molecule has 1 aromatic rings. The average molecular weight is 332 g/mol. The topological polar surface area (TPSA) is 72.8 Å². The number of phenols is 1. The minimum atomic E-state index is -0.525. The number of cyclic esters (lactones) is 1. The van der Waals surface area contributed by atoms with Gasteiger partial charge in [0, 0.05) is 12.5 Å². The average Bonchev–Trinajstić information content (AvgIpc) is 2.52. The van der Waals surface area contributed by atoms with Crippen LogP contribution in [-0.4, -0.2) is 30.1 Å². The molecule has 5 nitrogen and oxygen atoms in total. The molecule has 130 valence electrons. The van der Waals surface area contributed by atoms with Gasteiger partial charge in [-0.15, -0.1) is 0 Å². The molecule has 0 aromatic heterocycles. The first-order chi connectivity index (χ1) is 11.5. The second kappa shape index (κ2) is 8.52. The zero-order valence-electron chi connectivity index (χ0n) is 14.2. The van der Waals surface area contributed by atoms with E-state index < -0.39 is 5.97 Å². The van der Waals surface area contributed by atoms with E-state index in [1.807, 2.05) is 13.0 Å². The second-order valence-electron chi connectivity index (χ2n) is 6.08. The zero-order valence-corrected chi connectivity index (χ0v) is 14.2. The van der Waals surface area contributed by atoms with Crippen LogP contribution < -0.4 is 4.74 Å². The summed E-state index contributed by atoms with van der Waals surface area (Å²) in [4.78, 5) is 24.7. The molecule has 24 heavy (non-hydrogen) atoms. The summed E-state index contributed by atoms with van der Waals surface area (Å²) in [5.41, 5.74) is 0.622. The molecule has 0 bridgehead atoms. The summed E-state index contributed by atoms with van der Waals surface area (Å²) in [5, 5.41) is 9.83. The Balaban J connectivity index is 2.41. The van der Waals surface area contributed by atoms with E-state index in [-0.39, 0.29) is 35.4 Å². The second-order valence-corrected chi connectivity index (χ2v) is 6.08. The Bertz CT molecular complexity index is 633. The Labute approximate surface area is 142 Å². The van der Waals surface area contributed by atoms with Gasteiger partial charge in [0.15, 0.2) is 5.78 Å². The van der Waals surface area contributed by atoms with E-state index in [0.29, 0.717) is 5.56 Å². The Morgan fingerprint density at radius 3 is 2.75 bits per heavy atom. The molecular formula is C19H24O5. The first kappa shape index (κ1) is 18.0. The van der Waals surface area contributed by atoms with Gasteiger partial charge in [-0.1, -0.05) is 12.5 Å². The summed E-state index contributed by atoms with van der Waals surface area (Å²) < 4.78 is 10.7. The molecule has 0 spiro atoms. The minimum Gasteiger partial charge on any atom is -0.508 e. The molecule has 0 saturated heterocycles. The molecule has 0 unspecified atom stereocenters. The third-order valence-electron chi connectivity index (χ3n) is 4.05. The number of hydrogen-bond acceptors (Lipinski definition) is 5. The maximum absolute atomic E-state index is 12.6. The van der Waals surface area contributed by atoms with Crippen molar-refractivity contribution >= 4 is 11.8 Å². The van der Waals surface area contributed by atoms with Crippen LogP contribution in [0.5, 0.6) is 11.5 Å². The van der Waals surface area contributed by atoms with Gasteiger partial charge in [-0.25, -0.2) is 4.79 Å². The monoisotopic (exact) mass is 332 g/mol. The van der Waals surface area contributed by atoms with Crippen molar-refractivity contribution < 1.29 is 24.2 Å². The lowest BCUT2D eigenvalue weighted by molar-refractivity contribution is -0.114. The van der Waals surface area contributed by atoms with E-state index in [9.17, 15) is 14.7 Å². The maximum atomic E-state index is 12.6. The highest BCUT2D eigenvalue weighted by molar-refractivity contribution is 5.98. The highest BCUT2D eigenvalue weighted by atomic mass is 16.5. The van der Waals surface area contributed by atoms with Gasteiger partial charge in [0.2, 0.25) is 0 Å². The molecule has 2 rings (SSSR count). The molecule has 5 heteroatoms. The zero-order chi connectivity index (χ0) is 17.5. The Morgan fingerprint density at radius 2 is 2.00 bits per heavy atom. The van der Waals surface area contributed by atoms with E-state index in [2.05, 4.69) is 0 Å². The van der Waals surface area contributed by atoms with Crippen LogP contribution in [0.4, 0.5) is 0 Å². The van der Waals surface area contributed by atoms with Crippen molar-refractivity contribution in [1.82, 2.24) is 0 Å². The van der Waals surface area contributed by atoms with Crippen molar-refractivity contribution in [3.8, 4) is 11.5 Å². The van der Waals surface area contributed by atoms with Gasteiger partial charge in [-0.2, -0.15) is 0 Å². The largest absolute Gasteiger partial charge is 0.508 e. The summed E-state index contributed by atoms with van der Waals surface area (Å²) in [5.74, 6) is -0.486. The standard InChI is InChI=1S/C19H24O5/c1-13-8-6-4-3-5-7-9-15(20)10-14-11-16(21)12-17(23-2)18(14)19(22)24-13/h7,9,11-13,21H,3-6,8,10H2,1-2H3/b9-7+/t13-/m0/s1. The smallest absolute Gasteiger partial charge is 0.342 e. The SMILES string of the molecule is COc1cc(O)cc2c1C(=O)O[C@@H](C)CCCCC/C=C/C(=O)C2. The van der Waals surface area contributed by atoms with Gasteiger partial charge in [0.05, 0.1) is 13.2 Å². The fourth-order valence-corrected chi connectivity index (χ4v) is 2.82. The van der Waals surface area contributed by atoms with Crippen molar-refractivity contribution in [3.63, 3.8) is 0 Å². The number of methoxy groups -OCH3 is 1. The van der Waals surface area contributed by atoms with Gasteiger partial charge in [-0.3, -0.25) is 4.79 Å². The molecule has 1 aliphatic heterocycles. The molecule has 1 aromatic carbocycles. The Hall–Kier alpha value is -2.30. The number of rotatable bonds is 1. The van der Waals surface area contributed by atoms with Crippen LogP contribution in [0, 0.1) is 0 Å². The number of carbonyl (C=O) groups excluding carboxylic acids is 2. The molecule has 0 radical (unpaired) electrons. The fourth-order valence-electron chi connectivity index (χ4n) is 2.82. The van der Waals surface area contributed by atoms with Crippen LogP contribution in [0.2, 0.25) is 0 Å². The predicted octanol–water partition coefficient (Wildman–Crippen LogP) is 3.58. The number of fused-ring (bicyclic) bond motifs is 1. The van der Waals surface area contributed by atoms with Crippen molar-refractivity contribution in [2.75, 3.05) is 7.11 Å². The number of esters is 1. The lowest BCUT2D eigenvalue weighted by Gasteiger charge is -2.17. The molecule has 0 fully saturated rings. The van der Waals surface area contributed by atoms with Gasteiger partial charge in [0.25, 0.3) is 0 Å². The number of ether oxygens (including phenoxy) is 2. The van der Waals surface area contributed by atoms with E-state index in [0.717, 1.165) is 32.1 Å². The van der Waals surface area contributed by atoms with Crippen LogP contribution >= 0.6 is 0 Å². The van der Waals surface area contributed by atoms with Crippen LogP contribution in [0.25, 0.3) is 0 Å².